The minimum atomic E-state index is -1.24. The van der Waals surface area contributed by atoms with Crippen LogP contribution in [-0.2, 0) is 25.6 Å². The summed E-state index contributed by atoms with van der Waals surface area (Å²) in [6.07, 6.45) is 0.0627. The minimum Gasteiger partial charge on any atom is -0.508 e. The molecule has 1 rings (SSSR count). The van der Waals surface area contributed by atoms with Gasteiger partial charge in [-0.25, -0.2) is 0 Å². The summed E-state index contributed by atoms with van der Waals surface area (Å²) in [5.74, 6) is -3.22. The van der Waals surface area contributed by atoms with E-state index in [2.05, 4.69) is 41.2 Å². The molecule has 10 nitrogen and oxygen atoms in total. The summed E-state index contributed by atoms with van der Waals surface area (Å²) in [5, 5.41) is 25.1. The van der Waals surface area contributed by atoms with Gasteiger partial charge in [-0.15, -0.1) is 0 Å². The van der Waals surface area contributed by atoms with Crippen molar-refractivity contribution >= 4 is 48.9 Å². The molecule has 0 spiro atoms. The normalized spacial score (nSPS) is 13.6. The van der Waals surface area contributed by atoms with Crippen molar-refractivity contribution < 1.29 is 29.4 Å². The van der Waals surface area contributed by atoms with Gasteiger partial charge in [0.1, 0.15) is 24.4 Å². The summed E-state index contributed by atoms with van der Waals surface area (Å²) in [7, 11) is 0. The van der Waals surface area contributed by atoms with E-state index < -0.39 is 48.4 Å². The molecule has 0 aliphatic carbocycles. The fourth-order valence-electron chi connectivity index (χ4n) is 2.19. The van der Waals surface area contributed by atoms with Gasteiger partial charge >= 0.3 is 5.97 Å². The monoisotopic (exact) mass is 444 g/mol. The van der Waals surface area contributed by atoms with Crippen LogP contribution in [0.5, 0.6) is 5.75 Å². The van der Waals surface area contributed by atoms with E-state index in [4.69, 9.17) is 10.8 Å². The van der Waals surface area contributed by atoms with Gasteiger partial charge in [0.2, 0.25) is 17.7 Å². The van der Waals surface area contributed by atoms with Crippen molar-refractivity contribution in [3.8, 4) is 5.75 Å². The largest absolute Gasteiger partial charge is 0.508 e. The van der Waals surface area contributed by atoms with E-state index in [9.17, 15) is 24.3 Å². The quantitative estimate of drug-likeness (QED) is 0.188. The standard InChI is InChI=1S/C17H24N4O6S2/c18-11(7-28)15(25)20-12(5-9-1-3-10(22)4-2-9)17(27)21-13(8-29)16(26)19-6-14(23)24/h1-4,11-13,22,28-29H,5-8,18H2,(H,19,26)(H,20,25)(H,21,27)(H,23,24). The van der Waals surface area contributed by atoms with Gasteiger partial charge in [0, 0.05) is 17.9 Å². The molecule has 0 saturated carbocycles. The Hall–Kier alpha value is -2.44. The van der Waals surface area contributed by atoms with Crippen molar-refractivity contribution in [2.24, 2.45) is 5.73 Å². The van der Waals surface area contributed by atoms with Crippen molar-refractivity contribution in [2.45, 2.75) is 24.5 Å². The average Bonchev–Trinajstić information content (AvgIpc) is 2.70. The number of hydrogen-bond donors (Lipinski definition) is 8. The molecule has 3 amide bonds. The number of nitrogens with one attached hydrogen (secondary N) is 3. The first-order valence-corrected chi connectivity index (χ1v) is 9.79. The number of carboxylic acids is 1. The lowest BCUT2D eigenvalue weighted by atomic mass is 10.0. The van der Waals surface area contributed by atoms with Gasteiger partial charge in [-0.2, -0.15) is 25.3 Å². The van der Waals surface area contributed by atoms with E-state index >= 15 is 0 Å². The number of phenolic OH excluding ortho intramolecular Hbond substituents is 1. The number of aromatic hydroxyl groups is 1. The topological polar surface area (TPSA) is 171 Å². The van der Waals surface area contributed by atoms with E-state index in [-0.39, 0.29) is 23.7 Å². The first-order valence-electron chi connectivity index (χ1n) is 8.53. The first-order chi connectivity index (χ1) is 13.7. The fraction of sp³-hybridized carbons (Fsp3) is 0.412. The Morgan fingerprint density at radius 1 is 0.931 bits per heavy atom. The molecule has 0 fully saturated rings. The number of benzene rings is 1. The Kier molecular flexibility index (Phi) is 10.3. The van der Waals surface area contributed by atoms with Crippen LogP contribution < -0.4 is 21.7 Å². The Bertz CT molecular complexity index is 731. The van der Waals surface area contributed by atoms with E-state index in [1.54, 1.807) is 12.1 Å². The zero-order valence-corrected chi connectivity index (χ0v) is 17.2. The van der Waals surface area contributed by atoms with Gasteiger partial charge in [0.15, 0.2) is 0 Å². The summed E-state index contributed by atoms with van der Waals surface area (Å²) in [6.45, 7) is -0.608. The molecule has 0 bridgehead atoms. The summed E-state index contributed by atoms with van der Waals surface area (Å²) in [5.41, 5.74) is 6.28. The highest BCUT2D eigenvalue weighted by molar-refractivity contribution is 7.80. The molecule has 160 valence electrons. The number of hydrogen-bond acceptors (Lipinski definition) is 8. The summed E-state index contributed by atoms with van der Waals surface area (Å²) < 4.78 is 0. The Morgan fingerprint density at radius 2 is 1.52 bits per heavy atom. The zero-order chi connectivity index (χ0) is 22.0. The fourth-order valence-corrected chi connectivity index (χ4v) is 2.61. The van der Waals surface area contributed by atoms with Crippen LogP contribution in [0.1, 0.15) is 5.56 Å². The SMILES string of the molecule is NC(CS)C(=O)NC(Cc1ccc(O)cc1)C(=O)NC(CS)C(=O)NCC(=O)O. The van der Waals surface area contributed by atoms with Crippen LogP contribution >= 0.6 is 25.3 Å². The lowest BCUT2D eigenvalue weighted by Gasteiger charge is -2.23. The second kappa shape index (κ2) is 12.2. The molecule has 3 unspecified atom stereocenters. The van der Waals surface area contributed by atoms with E-state index in [1.165, 1.54) is 12.1 Å². The van der Waals surface area contributed by atoms with Crippen LogP contribution in [-0.4, -0.2) is 70.1 Å². The Morgan fingerprint density at radius 3 is 2.03 bits per heavy atom. The first kappa shape index (κ1) is 24.6. The Labute approximate surface area is 178 Å². The van der Waals surface area contributed by atoms with Gasteiger partial charge in [0.05, 0.1) is 6.04 Å². The predicted molar refractivity (Wildman–Crippen MR) is 112 cm³/mol. The number of phenols is 1. The second-order valence-corrected chi connectivity index (χ2v) is 6.81. The molecule has 0 saturated heterocycles. The van der Waals surface area contributed by atoms with Gasteiger partial charge in [-0.3, -0.25) is 19.2 Å². The van der Waals surface area contributed by atoms with Crippen molar-refractivity contribution in [3.63, 3.8) is 0 Å². The van der Waals surface area contributed by atoms with E-state index in [0.29, 0.717) is 5.56 Å². The van der Waals surface area contributed by atoms with Crippen molar-refractivity contribution in [3.05, 3.63) is 29.8 Å². The highest BCUT2D eigenvalue weighted by atomic mass is 32.1. The van der Waals surface area contributed by atoms with Crippen LogP contribution in [0.25, 0.3) is 0 Å². The smallest absolute Gasteiger partial charge is 0.322 e. The highest BCUT2D eigenvalue weighted by Crippen LogP contribution is 2.12. The van der Waals surface area contributed by atoms with Crippen LogP contribution in [0.4, 0.5) is 0 Å². The van der Waals surface area contributed by atoms with Crippen LogP contribution in [0, 0.1) is 0 Å². The average molecular weight is 445 g/mol. The maximum absolute atomic E-state index is 12.7. The van der Waals surface area contributed by atoms with Crippen LogP contribution in [0.2, 0.25) is 0 Å². The molecule has 0 aliphatic rings. The summed E-state index contributed by atoms with van der Waals surface area (Å²) in [4.78, 5) is 47.5. The van der Waals surface area contributed by atoms with Crippen molar-refractivity contribution in [1.29, 1.82) is 0 Å². The lowest BCUT2D eigenvalue weighted by molar-refractivity contribution is -0.138. The molecule has 12 heteroatoms. The number of carboxylic acid groups (broad SMARTS) is 1. The molecule has 0 aromatic heterocycles. The second-order valence-electron chi connectivity index (χ2n) is 6.08. The van der Waals surface area contributed by atoms with Gasteiger partial charge in [-0.05, 0) is 17.7 Å². The maximum atomic E-state index is 12.7. The minimum absolute atomic E-state index is 0.0427. The molecule has 1 aromatic rings. The highest BCUT2D eigenvalue weighted by Gasteiger charge is 2.27. The number of aliphatic carboxylic acids is 1. The molecule has 3 atom stereocenters. The zero-order valence-electron chi connectivity index (χ0n) is 15.4. The molecular weight excluding hydrogens is 420 g/mol. The summed E-state index contributed by atoms with van der Waals surface area (Å²) >= 11 is 7.95. The molecule has 7 N–H and O–H groups in total. The van der Waals surface area contributed by atoms with Crippen LogP contribution in [0.15, 0.2) is 24.3 Å². The summed E-state index contributed by atoms with van der Waals surface area (Å²) in [6, 6.07) is 2.90. The van der Waals surface area contributed by atoms with Gasteiger partial charge < -0.3 is 31.9 Å². The van der Waals surface area contributed by atoms with Gasteiger partial charge in [0.25, 0.3) is 0 Å². The predicted octanol–water partition coefficient (Wildman–Crippen LogP) is -1.71. The molecule has 29 heavy (non-hydrogen) atoms. The number of nitrogens with two attached hydrogens (primary N) is 1. The van der Waals surface area contributed by atoms with Gasteiger partial charge in [-0.1, -0.05) is 12.1 Å². The molecule has 0 aliphatic heterocycles. The van der Waals surface area contributed by atoms with Crippen LogP contribution in [0.3, 0.4) is 0 Å². The molecule has 1 aromatic carbocycles. The van der Waals surface area contributed by atoms with E-state index in [0.717, 1.165) is 0 Å². The molecular formula is C17H24N4O6S2. The lowest BCUT2D eigenvalue weighted by Crippen LogP contribution is -2.57. The van der Waals surface area contributed by atoms with E-state index in [1.807, 2.05) is 0 Å². The van der Waals surface area contributed by atoms with Crippen molar-refractivity contribution in [1.82, 2.24) is 16.0 Å². The third-order valence-electron chi connectivity index (χ3n) is 3.77. The molecule has 0 radical (unpaired) electrons. The number of thiol groups is 2. The third-order valence-corrected chi connectivity index (χ3v) is 4.53. The van der Waals surface area contributed by atoms with Crippen molar-refractivity contribution in [2.75, 3.05) is 18.1 Å². The molecule has 0 heterocycles. The number of rotatable bonds is 11. The number of carbonyl (C=O) groups excluding carboxylic acids is 3. The Balaban J connectivity index is 2.92. The number of carbonyl (C=O) groups is 4. The number of amides is 3. The third kappa shape index (κ3) is 8.62. The maximum Gasteiger partial charge on any atom is 0.322 e.